The van der Waals surface area contributed by atoms with Crippen LogP contribution in [0.5, 0.6) is 0 Å². The molecule has 0 fully saturated rings. The van der Waals surface area contributed by atoms with Gasteiger partial charge in [-0.1, -0.05) is 6.92 Å². The molecular weight excluding hydrogens is 212 g/mol. The number of amides is 2. The van der Waals surface area contributed by atoms with E-state index in [-0.39, 0.29) is 5.91 Å². The van der Waals surface area contributed by atoms with Crippen molar-refractivity contribution in [2.75, 3.05) is 0 Å². The number of aryl methyl sites for hydroxylation is 1. The average Bonchev–Trinajstić information content (AvgIpc) is 2.56. The summed E-state index contributed by atoms with van der Waals surface area (Å²) in [5.74, 6) is -0.468. The summed E-state index contributed by atoms with van der Waals surface area (Å²) in [4.78, 5) is 22.7. The van der Waals surface area contributed by atoms with Crippen molar-refractivity contribution in [3.63, 3.8) is 0 Å². The fourth-order valence-electron chi connectivity index (χ4n) is 1.21. The molecule has 0 aliphatic rings. The molecule has 1 aromatic rings. The van der Waals surface area contributed by atoms with E-state index < -0.39 is 5.91 Å². The Morgan fingerprint density at radius 1 is 1.53 bits per heavy atom. The lowest BCUT2D eigenvalue weighted by Gasteiger charge is -2.04. The highest BCUT2D eigenvalue weighted by Gasteiger charge is 2.13. The van der Waals surface area contributed by atoms with E-state index in [2.05, 4.69) is 5.32 Å². The summed E-state index contributed by atoms with van der Waals surface area (Å²) in [5.41, 5.74) is 7.04. The minimum Gasteiger partial charge on any atom is -0.365 e. The van der Waals surface area contributed by atoms with Gasteiger partial charge in [0.25, 0.3) is 5.91 Å². The lowest BCUT2D eigenvalue weighted by Crippen LogP contribution is -2.23. The summed E-state index contributed by atoms with van der Waals surface area (Å²) in [5, 5.41) is 4.60. The molecule has 0 saturated heterocycles. The van der Waals surface area contributed by atoms with Crippen LogP contribution >= 0.6 is 11.3 Å². The van der Waals surface area contributed by atoms with Gasteiger partial charge in [-0.2, -0.15) is 0 Å². The van der Waals surface area contributed by atoms with Crippen LogP contribution in [0.15, 0.2) is 5.38 Å². The predicted octanol–water partition coefficient (Wildman–Crippen LogP) is 1.18. The quantitative estimate of drug-likeness (QED) is 0.809. The molecule has 1 aromatic heterocycles. The number of nitrogens with two attached hydrogens (primary N) is 1. The van der Waals surface area contributed by atoms with Gasteiger partial charge in [0.05, 0.1) is 4.88 Å². The van der Waals surface area contributed by atoms with Gasteiger partial charge in [0.15, 0.2) is 0 Å². The molecule has 0 spiro atoms. The third-order valence-electron chi connectivity index (χ3n) is 2.11. The van der Waals surface area contributed by atoms with E-state index in [4.69, 9.17) is 5.73 Å². The molecule has 1 heterocycles. The van der Waals surface area contributed by atoms with Crippen molar-refractivity contribution in [3.8, 4) is 0 Å². The molecule has 15 heavy (non-hydrogen) atoms. The van der Waals surface area contributed by atoms with Crippen LogP contribution in [-0.4, -0.2) is 11.8 Å². The summed E-state index contributed by atoms with van der Waals surface area (Å²) in [6.07, 6.45) is 0.440. The first-order valence-corrected chi connectivity index (χ1v) is 5.57. The van der Waals surface area contributed by atoms with Gasteiger partial charge in [0, 0.05) is 13.0 Å². The zero-order chi connectivity index (χ0) is 11.4. The molecule has 0 unspecified atom stereocenters. The van der Waals surface area contributed by atoms with E-state index in [0.717, 1.165) is 11.1 Å². The van der Waals surface area contributed by atoms with Crippen LogP contribution in [0.4, 0.5) is 0 Å². The number of carbonyl (C=O) groups excluding carboxylic acids is 2. The van der Waals surface area contributed by atoms with Crippen LogP contribution in [0, 0.1) is 6.92 Å². The Balaban J connectivity index is 2.79. The maximum absolute atomic E-state index is 11.1. The number of carbonyl (C=O) groups is 2. The smallest absolute Gasteiger partial charge is 0.259 e. The number of nitrogens with one attached hydrogen (secondary N) is 1. The molecule has 2 amide bonds. The molecule has 5 heteroatoms. The Bertz CT molecular complexity index is 385. The second-order valence-corrected chi connectivity index (χ2v) is 4.10. The zero-order valence-corrected chi connectivity index (χ0v) is 9.61. The van der Waals surface area contributed by atoms with Gasteiger partial charge in [0.1, 0.15) is 0 Å². The van der Waals surface area contributed by atoms with E-state index >= 15 is 0 Å². The fourth-order valence-corrected chi connectivity index (χ4v) is 2.14. The normalized spacial score (nSPS) is 10.0. The molecule has 3 N–H and O–H groups in total. The Morgan fingerprint density at radius 2 is 2.20 bits per heavy atom. The molecule has 1 rings (SSSR count). The Labute approximate surface area is 92.5 Å². The van der Waals surface area contributed by atoms with Crippen LogP contribution in [0.1, 0.15) is 34.1 Å². The van der Waals surface area contributed by atoms with E-state index in [1.807, 2.05) is 12.3 Å². The van der Waals surface area contributed by atoms with Crippen molar-refractivity contribution in [2.24, 2.45) is 5.73 Å². The first-order chi connectivity index (χ1) is 7.06. The average molecular weight is 226 g/mol. The Hall–Kier alpha value is -1.36. The van der Waals surface area contributed by atoms with E-state index in [9.17, 15) is 9.59 Å². The number of hydrogen-bond acceptors (Lipinski definition) is 3. The second-order valence-electron chi connectivity index (χ2n) is 3.22. The van der Waals surface area contributed by atoms with Gasteiger partial charge in [-0.15, -0.1) is 11.3 Å². The van der Waals surface area contributed by atoms with Crippen molar-refractivity contribution in [2.45, 2.75) is 26.8 Å². The highest BCUT2D eigenvalue weighted by Crippen LogP contribution is 2.21. The molecular formula is C10H14N2O2S. The first-order valence-electron chi connectivity index (χ1n) is 4.69. The zero-order valence-electron chi connectivity index (χ0n) is 8.79. The number of primary amides is 1. The molecule has 0 aliphatic carbocycles. The number of hydrogen-bond donors (Lipinski definition) is 2. The van der Waals surface area contributed by atoms with Crippen molar-refractivity contribution < 1.29 is 9.59 Å². The van der Waals surface area contributed by atoms with Crippen LogP contribution in [-0.2, 0) is 11.3 Å². The van der Waals surface area contributed by atoms with Gasteiger partial charge in [-0.25, -0.2) is 0 Å². The topological polar surface area (TPSA) is 72.2 Å². The van der Waals surface area contributed by atoms with Crippen molar-refractivity contribution in [1.82, 2.24) is 5.32 Å². The summed E-state index contributed by atoms with van der Waals surface area (Å²) < 4.78 is 0. The van der Waals surface area contributed by atoms with Crippen molar-refractivity contribution in [1.29, 1.82) is 0 Å². The minimum atomic E-state index is -0.436. The largest absolute Gasteiger partial charge is 0.365 e. The lowest BCUT2D eigenvalue weighted by atomic mass is 10.1. The number of thiophene rings is 1. The van der Waals surface area contributed by atoms with Gasteiger partial charge < -0.3 is 11.1 Å². The Morgan fingerprint density at radius 3 is 2.73 bits per heavy atom. The predicted molar refractivity (Wildman–Crippen MR) is 59.7 cm³/mol. The first kappa shape index (κ1) is 11.7. The summed E-state index contributed by atoms with van der Waals surface area (Å²) in [6.45, 7) is 4.06. The highest BCUT2D eigenvalue weighted by molar-refractivity contribution is 7.12. The van der Waals surface area contributed by atoms with Gasteiger partial charge >= 0.3 is 0 Å². The molecule has 0 aromatic carbocycles. The molecule has 0 saturated carbocycles. The fraction of sp³-hybridized carbons (Fsp3) is 0.400. The molecule has 82 valence electrons. The van der Waals surface area contributed by atoms with Gasteiger partial charge in [-0.3, -0.25) is 9.59 Å². The lowest BCUT2D eigenvalue weighted by molar-refractivity contribution is -0.120. The molecule has 4 nitrogen and oxygen atoms in total. The van der Waals surface area contributed by atoms with Crippen LogP contribution in [0.3, 0.4) is 0 Å². The standard InChI is InChI=1S/C10H14N2O2S/c1-3-8(13)12-4-7-6(2)5-15-9(7)10(11)14/h5H,3-4H2,1-2H3,(H2,11,14)(H,12,13). The minimum absolute atomic E-state index is 0.0315. The summed E-state index contributed by atoms with van der Waals surface area (Å²) in [7, 11) is 0. The maximum Gasteiger partial charge on any atom is 0.259 e. The maximum atomic E-state index is 11.1. The molecule has 0 bridgehead atoms. The Kier molecular flexibility index (Phi) is 3.85. The van der Waals surface area contributed by atoms with Crippen LogP contribution in [0.25, 0.3) is 0 Å². The highest BCUT2D eigenvalue weighted by atomic mass is 32.1. The van der Waals surface area contributed by atoms with E-state index in [0.29, 0.717) is 17.8 Å². The monoisotopic (exact) mass is 226 g/mol. The van der Waals surface area contributed by atoms with Gasteiger partial charge in [0.2, 0.25) is 5.91 Å². The molecule has 0 aliphatic heterocycles. The van der Waals surface area contributed by atoms with Crippen molar-refractivity contribution >= 4 is 23.2 Å². The summed E-state index contributed by atoms with van der Waals surface area (Å²) in [6, 6.07) is 0. The van der Waals surface area contributed by atoms with Crippen molar-refractivity contribution in [3.05, 3.63) is 21.4 Å². The number of rotatable bonds is 4. The van der Waals surface area contributed by atoms with E-state index in [1.54, 1.807) is 6.92 Å². The van der Waals surface area contributed by atoms with Crippen LogP contribution < -0.4 is 11.1 Å². The van der Waals surface area contributed by atoms with Crippen LogP contribution in [0.2, 0.25) is 0 Å². The molecule has 0 atom stereocenters. The van der Waals surface area contributed by atoms with E-state index in [1.165, 1.54) is 11.3 Å². The SMILES string of the molecule is CCC(=O)NCc1c(C)csc1C(N)=O. The van der Waals surface area contributed by atoms with Gasteiger partial charge in [-0.05, 0) is 23.4 Å². The molecule has 0 radical (unpaired) electrons. The summed E-state index contributed by atoms with van der Waals surface area (Å²) >= 11 is 1.32. The second kappa shape index (κ2) is 4.93. The third-order valence-corrected chi connectivity index (χ3v) is 3.27. The third kappa shape index (κ3) is 2.79.